The Kier molecular flexibility index (Phi) is 5.04. The van der Waals surface area contributed by atoms with Gasteiger partial charge in [-0.3, -0.25) is 15.1 Å². The number of pyridine rings is 1. The van der Waals surface area contributed by atoms with E-state index < -0.39 is 0 Å². The summed E-state index contributed by atoms with van der Waals surface area (Å²) in [5, 5.41) is 15.7. The Hall–Kier alpha value is -3.53. The maximum atomic E-state index is 6.99. The Morgan fingerprint density at radius 3 is 2.88 bits per heavy atom. The minimum Gasteiger partial charge on any atom is -0.370 e. The van der Waals surface area contributed by atoms with Crippen molar-refractivity contribution < 1.29 is 0 Å². The van der Waals surface area contributed by atoms with E-state index in [1.54, 1.807) is 36.4 Å². The molecule has 3 rings (SSSR count). The number of hydrogen-bond donors (Lipinski definition) is 4. The Balaban J connectivity index is 1.88. The van der Waals surface area contributed by atoms with Crippen molar-refractivity contribution >= 4 is 18.0 Å². The highest BCUT2D eigenvalue weighted by atomic mass is 15.4. The largest absolute Gasteiger partial charge is 0.370 e. The van der Waals surface area contributed by atoms with E-state index in [0.29, 0.717) is 29.4 Å². The standard InChI is InChI=1S/C16H20N10/c1-19-15-16(24-13(7-21-15)12-6-23-25(2)9-12)26(18)8-11-3-4-14(20-5-11)22-10-17/h3-7,9-10H,8,18H2,1-2H3,(H,19,21)(H2,17,20,22). The van der Waals surface area contributed by atoms with Crippen LogP contribution in [0.15, 0.2) is 41.9 Å². The van der Waals surface area contributed by atoms with Crippen molar-refractivity contribution in [1.29, 1.82) is 5.41 Å². The molecule has 0 unspecified atom stereocenters. The fourth-order valence-corrected chi connectivity index (χ4v) is 2.42. The number of H-pyrrole nitrogens is 1. The van der Waals surface area contributed by atoms with Crippen LogP contribution >= 0.6 is 0 Å². The maximum Gasteiger partial charge on any atom is 0.186 e. The van der Waals surface area contributed by atoms with Crippen molar-refractivity contribution in [2.45, 2.75) is 6.54 Å². The van der Waals surface area contributed by atoms with Crippen molar-refractivity contribution in [1.82, 2.24) is 24.7 Å². The van der Waals surface area contributed by atoms with Crippen LogP contribution in [0.25, 0.3) is 11.3 Å². The summed E-state index contributed by atoms with van der Waals surface area (Å²) >= 11 is 0. The molecule has 3 aromatic rings. The molecule has 0 aromatic carbocycles. The fraction of sp³-hybridized carbons (Fsp3) is 0.188. The predicted octanol–water partition coefficient (Wildman–Crippen LogP) is 0.635. The van der Waals surface area contributed by atoms with Gasteiger partial charge in [-0.1, -0.05) is 6.07 Å². The number of rotatable bonds is 6. The van der Waals surface area contributed by atoms with Gasteiger partial charge in [0, 0.05) is 32.1 Å². The molecule has 0 amide bonds. The molecule has 0 saturated carbocycles. The highest BCUT2D eigenvalue weighted by Gasteiger charge is 2.14. The smallest absolute Gasteiger partial charge is 0.186 e. The lowest BCUT2D eigenvalue weighted by Gasteiger charge is -2.20. The van der Waals surface area contributed by atoms with Crippen LogP contribution in [-0.2, 0) is 13.6 Å². The van der Waals surface area contributed by atoms with Crippen molar-refractivity contribution in [3.05, 3.63) is 48.0 Å². The quantitative estimate of drug-likeness (QED) is 0.222. The first-order valence-corrected chi connectivity index (χ1v) is 7.87. The van der Waals surface area contributed by atoms with Gasteiger partial charge in [-0.25, -0.2) is 20.8 Å². The number of nitrogens with two attached hydrogens (primary N) is 1. The third-order valence-electron chi connectivity index (χ3n) is 3.68. The number of hydrazine groups is 1. The zero-order chi connectivity index (χ0) is 18.5. The lowest BCUT2D eigenvalue weighted by Crippen LogP contribution is -2.32. The number of anilines is 2. The molecule has 0 aliphatic rings. The van der Waals surface area contributed by atoms with Gasteiger partial charge in [-0.05, 0) is 11.6 Å². The van der Waals surface area contributed by atoms with Gasteiger partial charge < -0.3 is 10.3 Å². The number of aromatic nitrogens is 5. The van der Waals surface area contributed by atoms with Gasteiger partial charge in [0.25, 0.3) is 0 Å². The predicted molar refractivity (Wildman–Crippen MR) is 99.3 cm³/mol. The fourth-order valence-electron chi connectivity index (χ4n) is 2.42. The van der Waals surface area contributed by atoms with E-state index in [9.17, 15) is 0 Å². The van der Waals surface area contributed by atoms with Gasteiger partial charge in [0.15, 0.2) is 11.6 Å². The Morgan fingerprint density at radius 2 is 2.27 bits per heavy atom. The number of nitrogens with zero attached hydrogens (tertiary/aromatic N) is 6. The van der Waals surface area contributed by atoms with Crippen molar-refractivity contribution in [2.75, 3.05) is 17.4 Å². The second-order valence-corrected chi connectivity index (χ2v) is 5.55. The molecule has 0 aliphatic carbocycles. The first-order valence-electron chi connectivity index (χ1n) is 7.87. The van der Waals surface area contributed by atoms with Crippen molar-refractivity contribution in [3.63, 3.8) is 0 Å². The van der Waals surface area contributed by atoms with Gasteiger partial charge in [0.05, 0.1) is 24.6 Å². The number of nitrogens with one attached hydrogen (secondary N) is 3. The average molecular weight is 352 g/mol. The average Bonchev–Trinajstić information content (AvgIpc) is 3.09. The first kappa shape index (κ1) is 17.3. The van der Waals surface area contributed by atoms with Crippen LogP contribution in [0, 0.1) is 5.41 Å². The molecule has 0 bridgehead atoms. The lowest BCUT2D eigenvalue weighted by molar-refractivity contribution is 0.768. The molecule has 0 radical (unpaired) electrons. The summed E-state index contributed by atoms with van der Waals surface area (Å²) in [6.07, 6.45) is 8.06. The summed E-state index contributed by atoms with van der Waals surface area (Å²) in [5.74, 6) is 7.36. The number of aromatic amines is 1. The molecule has 0 aliphatic heterocycles. The van der Waals surface area contributed by atoms with Crippen LogP contribution in [0.3, 0.4) is 0 Å². The Bertz CT molecular complexity index is 951. The van der Waals surface area contributed by atoms with Crippen molar-refractivity contribution in [3.8, 4) is 11.3 Å². The summed E-state index contributed by atoms with van der Waals surface area (Å²) in [6.45, 7) is 0.418. The number of aryl methyl sites for hydroxylation is 1. The molecule has 0 fully saturated rings. The third-order valence-corrected chi connectivity index (χ3v) is 3.68. The van der Waals surface area contributed by atoms with E-state index in [1.807, 2.05) is 19.3 Å². The van der Waals surface area contributed by atoms with E-state index in [2.05, 4.69) is 30.4 Å². The van der Waals surface area contributed by atoms with Crippen LogP contribution < -0.4 is 21.7 Å². The van der Waals surface area contributed by atoms with Crippen LogP contribution in [0.5, 0.6) is 0 Å². The molecule has 0 spiro atoms. The van der Waals surface area contributed by atoms with E-state index in [4.69, 9.17) is 11.3 Å². The number of hydrogen-bond acceptors (Lipinski definition) is 7. The van der Waals surface area contributed by atoms with Crippen LogP contribution in [-0.4, -0.2) is 38.1 Å². The van der Waals surface area contributed by atoms with E-state index >= 15 is 0 Å². The van der Waals surface area contributed by atoms with Gasteiger partial charge in [0.2, 0.25) is 0 Å². The molecule has 5 N–H and O–H groups in total. The molecule has 3 heterocycles. The van der Waals surface area contributed by atoms with Gasteiger partial charge >= 0.3 is 0 Å². The molecular formula is C16H20N10. The van der Waals surface area contributed by atoms with Gasteiger partial charge in [-0.15, -0.1) is 0 Å². The first-order chi connectivity index (χ1) is 12.6. The molecule has 10 nitrogen and oxygen atoms in total. The molecule has 0 atom stereocenters. The highest BCUT2D eigenvalue weighted by molar-refractivity contribution is 5.66. The SMILES string of the molecule is CNc1ncc(-c2cnn(C)c2)nc1N(N)Cc1cc/c(=N/C=N)[nH]c1. The zero-order valence-electron chi connectivity index (χ0n) is 14.5. The summed E-state index contributed by atoms with van der Waals surface area (Å²) in [4.78, 5) is 15.9. The molecule has 3 aromatic heterocycles. The Morgan fingerprint density at radius 1 is 1.42 bits per heavy atom. The van der Waals surface area contributed by atoms with Crippen molar-refractivity contribution in [2.24, 2.45) is 17.9 Å². The molecule has 10 heteroatoms. The minimum absolute atomic E-state index is 0.418. The second kappa shape index (κ2) is 7.57. The lowest BCUT2D eigenvalue weighted by atomic mass is 10.2. The van der Waals surface area contributed by atoms with Crippen LogP contribution in [0.4, 0.5) is 11.6 Å². The topological polar surface area (TPSA) is 137 Å². The summed E-state index contributed by atoms with van der Waals surface area (Å²) in [7, 11) is 3.62. The van der Waals surface area contributed by atoms with E-state index in [-0.39, 0.29) is 0 Å². The summed E-state index contributed by atoms with van der Waals surface area (Å²) < 4.78 is 1.71. The van der Waals surface area contributed by atoms with E-state index in [0.717, 1.165) is 17.5 Å². The van der Waals surface area contributed by atoms with Gasteiger partial charge in [0.1, 0.15) is 11.8 Å². The van der Waals surface area contributed by atoms with Crippen LogP contribution in [0.2, 0.25) is 0 Å². The monoisotopic (exact) mass is 352 g/mol. The summed E-state index contributed by atoms with van der Waals surface area (Å²) in [5.41, 5.74) is 3.09. The second-order valence-electron chi connectivity index (χ2n) is 5.55. The zero-order valence-corrected chi connectivity index (χ0v) is 14.5. The van der Waals surface area contributed by atoms with E-state index in [1.165, 1.54) is 5.01 Å². The van der Waals surface area contributed by atoms with Crippen LogP contribution in [0.1, 0.15) is 5.56 Å². The molecule has 134 valence electrons. The molecule has 26 heavy (non-hydrogen) atoms. The summed E-state index contributed by atoms with van der Waals surface area (Å²) in [6, 6.07) is 3.67. The van der Waals surface area contributed by atoms with Gasteiger partial charge in [-0.2, -0.15) is 5.10 Å². The maximum absolute atomic E-state index is 6.99. The minimum atomic E-state index is 0.418. The Labute approximate surface area is 149 Å². The highest BCUT2D eigenvalue weighted by Crippen LogP contribution is 2.24. The third kappa shape index (κ3) is 3.75. The molecule has 0 saturated heterocycles. The molecular weight excluding hydrogens is 332 g/mol. The normalized spacial score (nSPS) is 11.4.